The molecule has 2 nitrogen and oxygen atoms in total. The molecule has 0 aromatic heterocycles. The summed E-state index contributed by atoms with van der Waals surface area (Å²) in [6.07, 6.45) is -2.78. The fraction of sp³-hybridized carbons (Fsp3) is 0.538. The SMILES string of the molecule is Cl.Fc1ccc(Cl)c([C@H](CC(F)F)N2CCNCC2)c1. The lowest BCUT2D eigenvalue weighted by molar-refractivity contribution is 0.0738. The summed E-state index contributed by atoms with van der Waals surface area (Å²) < 4.78 is 38.9. The summed E-state index contributed by atoms with van der Waals surface area (Å²) >= 11 is 6.04. The van der Waals surface area contributed by atoms with E-state index in [-0.39, 0.29) is 18.8 Å². The Bertz CT molecular complexity index is 426. The summed E-state index contributed by atoms with van der Waals surface area (Å²) in [4.78, 5) is 1.93. The standard InChI is InChI=1S/C13H16ClF3N2.ClH/c14-11-2-1-9(15)7-10(11)12(8-13(16)17)19-5-3-18-4-6-19;/h1-2,7,12-13,18H,3-6,8H2;1H/t12-;/m0./s1. The van der Waals surface area contributed by atoms with Gasteiger partial charge in [0.25, 0.3) is 0 Å². The van der Waals surface area contributed by atoms with E-state index in [0.717, 1.165) is 13.1 Å². The van der Waals surface area contributed by atoms with E-state index in [0.29, 0.717) is 23.7 Å². The summed E-state index contributed by atoms with van der Waals surface area (Å²) in [6.45, 7) is 2.80. The normalized spacial score (nSPS) is 17.9. The monoisotopic (exact) mass is 328 g/mol. The Hall–Kier alpha value is -0.490. The van der Waals surface area contributed by atoms with Crippen LogP contribution in [0.1, 0.15) is 18.0 Å². The Balaban J connectivity index is 0.00000200. The lowest BCUT2D eigenvalue weighted by atomic mass is 10.0. The van der Waals surface area contributed by atoms with E-state index in [1.165, 1.54) is 18.2 Å². The summed E-state index contributed by atoms with van der Waals surface area (Å²) in [6, 6.07) is 3.39. The van der Waals surface area contributed by atoms with E-state index >= 15 is 0 Å². The van der Waals surface area contributed by atoms with Crippen molar-refractivity contribution in [3.05, 3.63) is 34.6 Å². The van der Waals surface area contributed by atoms with E-state index in [9.17, 15) is 13.2 Å². The summed E-state index contributed by atoms with van der Waals surface area (Å²) in [5.41, 5.74) is 0.448. The van der Waals surface area contributed by atoms with Gasteiger partial charge in [-0.3, -0.25) is 4.90 Å². The van der Waals surface area contributed by atoms with Crippen LogP contribution in [-0.2, 0) is 0 Å². The minimum atomic E-state index is -2.45. The molecule has 1 heterocycles. The third kappa shape index (κ3) is 4.52. The van der Waals surface area contributed by atoms with Gasteiger partial charge in [0.15, 0.2) is 0 Å². The van der Waals surface area contributed by atoms with Gasteiger partial charge in [0.1, 0.15) is 5.82 Å². The van der Waals surface area contributed by atoms with Gasteiger partial charge in [0.2, 0.25) is 6.43 Å². The lowest BCUT2D eigenvalue weighted by Crippen LogP contribution is -2.45. The van der Waals surface area contributed by atoms with Crippen molar-refractivity contribution in [2.75, 3.05) is 26.2 Å². The number of halogens is 5. The van der Waals surface area contributed by atoms with Crippen LogP contribution in [0.2, 0.25) is 5.02 Å². The van der Waals surface area contributed by atoms with Crippen LogP contribution in [0, 0.1) is 5.82 Å². The van der Waals surface area contributed by atoms with Gasteiger partial charge in [0, 0.05) is 43.7 Å². The first-order valence-corrected chi connectivity index (χ1v) is 6.63. The zero-order valence-corrected chi connectivity index (χ0v) is 12.4. The van der Waals surface area contributed by atoms with E-state index in [1.807, 2.05) is 4.90 Å². The van der Waals surface area contributed by atoms with Crippen LogP contribution in [-0.4, -0.2) is 37.5 Å². The highest BCUT2D eigenvalue weighted by Gasteiger charge is 2.27. The average molecular weight is 329 g/mol. The van der Waals surface area contributed by atoms with Crippen molar-refractivity contribution < 1.29 is 13.2 Å². The van der Waals surface area contributed by atoms with E-state index in [1.54, 1.807) is 0 Å². The number of piperazine rings is 1. The molecule has 1 saturated heterocycles. The number of benzene rings is 1. The maximum absolute atomic E-state index is 13.3. The molecule has 1 aliphatic rings. The molecular formula is C13H17Cl2F3N2. The number of nitrogens with zero attached hydrogens (tertiary/aromatic N) is 1. The minimum absolute atomic E-state index is 0. The van der Waals surface area contributed by atoms with E-state index in [4.69, 9.17) is 11.6 Å². The van der Waals surface area contributed by atoms with Crippen LogP contribution in [0.4, 0.5) is 13.2 Å². The number of nitrogens with one attached hydrogen (secondary N) is 1. The highest BCUT2D eigenvalue weighted by Crippen LogP contribution is 2.32. The predicted octanol–water partition coefficient (Wildman–Crippen LogP) is 3.50. The van der Waals surface area contributed by atoms with Gasteiger partial charge >= 0.3 is 0 Å². The van der Waals surface area contributed by atoms with Gasteiger partial charge in [-0.1, -0.05) is 11.6 Å². The molecule has 0 bridgehead atoms. The Kier molecular flexibility index (Phi) is 7.09. The molecule has 2 rings (SSSR count). The van der Waals surface area contributed by atoms with Crippen molar-refractivity contribution in [2.24, 2.45) is 0 Å². The average Bonchev–Trinajstić information content (AvgIpc) is 2.40. The third-order valence-electron chi connectivity index (χ3n) is 3.31. The molecule has 0 amide bonds. The molecule has 0 saturated carbocycles. The Labute approximate surface area is 127 Å². The fourth-order valence-electron chi connectivity index (χ4n) is 2.41. The van der Waals surface area contributed by atoms with E-state index in [2.05, 4.69) is 5.32 Å². The number of hydrogen-bond donors (Lipinski definition) is 1. The molecule has 0 unspecified atom stereocenters. The zero-order valence-electron chi connectivity index (χ0n) is 10.8. The molecule has 1 fully saturated rings. The second-order valence-electron chi connectivity index (χ2n) is 4.59. The predicted molar refractivity (Wildman–Crippen MR) is 76.5 cm³/mol. The van der Waals surface area contributed by atoms with Gasteiger partial charge < -0.3 is 5.32 Å². The van der Waals surface area contributed by atoms with Crippen molar-refractivity contribution in [3.63, 3.8) is 0 Å². The molecule has 1 aliphatic heterocycles. The van der Waals surface area contributed by atoms with Gasteiger partial charge in [-0.25, -0.2) is 13.2 Å². The minimum Gasteiger partial charge on any atom is -0.314 e. The van der Waals surface area contributed by atoms with Gasteiger partial charge in [0.05, 0.1) is 0 Å². The van der Waals surface area contributed by atoms with Crippen molar-refractivity contribution in [2.45, 2.75) is 18.9 Å². The van der Waals surface area contributed by atoms with Crippen molar-refractivity contribution in [1.82, 2.24) is 10.2 Å². The molecule has 0 aliphatic carbocycles. The summed E-state index contributed by atoms with van der Waals surface area (Å²) in [7, 11) is 0. The quantitative estimate of drug-likeness (QED) is 0.910. The number of hydrogen-bond acceptors (Lipinski definition) is 2. The molecule has 0 spiro atoms. The third-order valence-corrected chi connectivity index (χ3v) is 3.66. The molecule has 1 atom stereocenters. The first-order valence-electron chi connectivity index (χ1n) is 6.26. The van der Waals surface area contributed by atoms with Crippen molar-refractivity contribution in [1.29, 1.82) is 0 Å². The van der Waals surface area contributed by atoms with E-state index < -0.39 is 18.3 Å². The Morgan fingerprint density at radius 1 is 1.25 bits per heavy atom. The first kappa shape index (κ1) is 17.6. The summed E-state index contributed by atoms with van der Waals surface area (Å²) in [5, 5.41) is 3.50. The second kappa shape index (κ2) is 8.08. The molecule has 7 heteroatoms. The summed E-state index contributed by atoms with van der Waals surface area (Å²) in [5.74, 6) is -0.450. The van der Waals surface area contributed by atoms with Crippen LogP contribution in [0.25, 0.3) is 0 Å². The molecule has 1 N–H and O–H groups in total. The first-order chi connectivity index (χ1) is 9.08. The van der Waals surface area contributed by atoms with Crippen LogP contribution < -0.4 is 5.32 Å². The van der Waals surface area contributed by atoms with Gasteiger partial charge in [-0.05, 0) is 23.8 Å². The molecular weight excluding hydrogens is 312 g/mol. The molecule has 20 heavy (non-hydrogen) atoms. The lowest BCUT2D eigenvalue weighted by Gasteiger charge is -2.35. The zero-order chi connectivity index (χ0) is 13.8. The van der Waals surface area contributed by atoms with Gasteiger partial charge in [-0.15, -0.1) is 12.4 Å². The van der Waals surface area contributed by atoms with Crippen molar-refractivity contribution in [3.8, 4) is 0 Å². The molecule has 114 valence electrons. The topological polar surface area (TPSA) is 15.3 Å². The fourth-order valence-corrected chi connectivity index (χ4v) is 2.65. The molecule has 0 radical (unpaired) electrons. The highest BCUT2D eigenvalue weighted by atomic mass is 35.5. The Morgan fingerprint density at radius 2 is 1.90 bits per heavy atom. The van der Waals surface area contributed by atoms with Crippen LogP contribution in [0.5, 0.6) is 0 Å². The van der Waals surface area contributed by atoms with Crippen molar-refractivity contribution >= 4 is 24.0 Å². The number of alkyl halides is 2. The van der Waals surface area contributed by atoms with Gasteiger partial charge in [-0.2, -0.15) is 0 Å². The second-order valence-corrected chi connectivity index (χ2v) is 5.00. The maximum atomic E-state index is 13.3. The molecule has 1 aromatic carbocycles. The largest absolute Gasteiger partial charge is 0.314 e. The van der Waals surface area contributed by atoms with Crippen LogP contribution in [0.15, 0.2) is 18.2 Å². The number of rotatable bonds is 4. The van der Waals surface area contributed by atoms with Crippen LogP contribution >= 0.6 is 24.0 Å². The Morgan fingerprint density at radius 3 is 2.50 bits per heavy atom. The molecule has 1 aromatic rings. The maximum Gasteiger partial charge on any atom is 0.240 e. The smallest absolute Gasteiger partial charge is 0.240 e. The van der Waals surface area contributed by atoms with Crippen LogP contribution in [0.3, 0.4) is 0 Å². The highest BCUT2D eigenvalue weighted by molar-refractivity contribution is 6.31.